The molecule has 0 radical (unpaired) electrons. The highest BCUT2D eigenvalue weighted by atomic mass is 16.5. The molecule has 3 rings (SSSR count). The van der Waals surface area contributed by atoms with Gasteiger partial charge in [-0.2, -0.15) is 10.1 Å². The van der Waals surface area contributed by atoms with E-state index in [2.05, 4.69) is 25.5 Å². The van der Waals surface area contributed by atoms with Gasteiger partial charge in [-0.15, -0.1) is 0 Å². The van der Waals surface area contributed by atoms with Crippen molar-refractivity contribution in [2.75, 3.05) is 6.54 Å². The van der Waals surface area contributed by atoms with Gasteiger partial charge in [-0.3, -0.25) is 0 Å². The lowest BCUT2D eigenvalue weighted by molar-refractivity contribution is 0.354. The molecule has 0 amide bonds. The van der Waals surface area contributed by atoms with Crippen LogP contribution in [0.3, 0.4) is 0 Å². The molecule has 0 aliphatic carbocycles. The Balaban J connectivity index is 1.68. The SMILES string of the molecule is c1ncn(Cc2nc(C3CCCCCN3)no2)n1. The summed E-state index contributed by atoms with van der Waals surface area (Å²) in [5.74, 6) is 1.33. The molecule has 0 aromatic carbocycles. The Kier molecular flexibility index (Phi) is 3.31. The molecule has 1 unspecified atom stereocenters. The van der Waals surface area contributed by atoms with Gasteiger partial charge >= 0.3 is 0 Å². The molecule has 7 nitrogen and oxygen atoms in total. The van der Waals surface area contributed by atoms with Crippen LogP contribution >= 0.6 is 0 Å². The van der Waals surface area contributed by atoms with E-state index in [1.54, 1.807) is 11.0 Å². The lowest BCUT2D eigenvalue weighted by Gasteiger charge is -2.09. The summed E-state index contributed by atoms with van der Waals surface area (Å²) in [5.41, 5.74) is 0. The first-order valence-corrected chi connectivity index (χ1v) is 6.30. The zero-order chi connectivity index (χ0) is 12.2. The normalized spacial score (nSPS) is 20.8. The van der Waals surface area contributed by atoms with Crippen LogP contribution in [-0.4, -0.2) is 31.4 Å². The van der Waals surface area contributed by atoms with Gasteiger partial charge in [-0.1, -0.05) is 18.0 Å². The van der Waals surface area contributed by atoms with E-state index in [1.165, 1.54) is 25.6 Å². The smallest absolute Gasteiger partial charge is 0.248 e. The van der Waals surface area contributed by atoms with Gasteiger partial charge in [0.15, 0.2) is 5.82 Å². The molecular weight excluding hydrogens is 232 g/mol. The molecule has 1 aliphatic heterocycles. The predicted molar refractivity (Wildman–Crippen MR) is 62.6 cm³/mol. The van der Waals surface area contributed by atoms with Crippen molar-refractivity contribution in [1.82, 2.24) is 30.2 Å². The van der Waals surface area contributed by atoms with E-state index in [-0.39, 0.29) is 6.04 Å². The van der Waals surface area contributed by atoms with E-state index in [9.17, 15) is 0 Å². The summed E-state index contributed by atoms with van der Waals surface area (Å²) in [6, 6.07) is 0.223. The van der Waals surface area contributed by atoms with E-state index in [0.717, 1.165) is 18.8 Å². The minimum absolute atomic E-state index is 0.223. The molecule has 3 heterocycles. The molecule has 1 saturated heterocycles. The molecule has 1 aliphatic rings. The summed E-state index contributed by atoms with van der Waals surface area (Å²) in [7, 11) is 0. The molecule has 1 fully saturated rings. The number of nitrogens with one attached hydrogen (secondary N) is 1. The molecule has 18 heavy (non-hydrogen) atoms. The lowest BCUT2D eigenvalue weighted by Crippen LogP contribution is -2.21. The summed E-state index contributed by atoms with van der Waals surface area (Å²) in [6.45, 7) is 1.50. The van der Waals surface area contributed by atoms with Gasteiger partial charge in [0.2, 0.25) is 5.89 Å². The van der Waals surface area contributed by atoms with Gasteiger partial charge in [-0.05, 0) is 19.4 Å². The predicted octanol–water partition coefficient (Wildman–Crippen LogP) is 0.914. The highest BCUT2D eigenvalue weighted by Gasteiger charge is 2.19. The largest absolute Gasteiger partial charge is 0.337 e. The molecule has 2 aromatic rings. The molecule has 0 spiro atoms. The zero-order valence-corrected chi connectivity index (χ0v) is 10.1. The minimum atomic E-state index is 0.223. The molecule has 0 bridgehead atoms. The van der Waals surface area contributed by atoms with Crippen molar-refractivity contribution in [3.05, 3.63) is 24.4 Å². The van der Waals surface area contributed by atoms with Gasteiger partial charge in [0, 0.05) is 0 Å². The maximum absolute atomic E-state index is 5.24. The fourth-order valence-electron chi connectivity index (χ4n) is 2.18. The van der Waals surface area contributed by atoms with E-state index < -0.39 is 0 Å². The van der Waals surface area contributed by atoms with Crippen LogP contribution in [0.5, 0.6) is 0 Å². The van der Waals surface area contributed by atoms with Crippen LogP contribution in [0.15, 0.2) is 17.2 Å². The van der Waals surface area contributed by atoms with Gasteiger partial charge < -0.3 is 9.84 Å². The number of nitrogens with zero attached hydrogens (tertiary/aromatic N) is 5. The highest BCUT2D eigenvalue weighted by Crippen LogP contribution is 2.20. The summed E-state index contributed by atoms with van der Waals surface area (Å²) < 4.78 is 6.91. The van der Waals surface area contributed by atoms with Crippen molar-refractivity contribution < 1.29 is 4.52 Å². The molecule has 2 aromatic heterocycles. The van der Waals surface area contributed by atoms with Crippen molar-refractivity contribution in [3.63, 3.8) is 0 Å². The Hall–Kier alpha value is -1.76. The quantitative estimate of drug-likeness (QED) is 0.869. The summed E-state index contributed by atoms with van der Waals surface area (Å²) in [4.78, 5) is 8.30. The third kappa shape index (κ3) is 2.56. The van der Waals surface area contributed by atoms with Crippen LogP contribution in [0.25, 0.3) is 0 Å². The third-order valence-corrected chi connectivity index (χ3v) is 3.12. The van der Waals surface area contributed by atoms with Crippen LogP contribution in [-0.2, 0) is 6.54 Å². The van der Waals surface area contributed by atoms with Gasteiger partial charge in [0.1, 0.15) is 19.2 Å². The maximum atomic E-state index is 5.24. The summed E-state index contributed by atoms with van der Waals surface area (Å²) >= 11 is 0. The first-order valence-electron chi connectivity index (χ1n) is 6.30. The summed E-state index contributed by atoms with van der Waals surface area (Å²) in [5, 5.41) is 11.5. The number of rotatable bonds is 3. The van der Waals surface area contributed by atoms with E-state index in [1.807, 2.05) is 0 Å². The Morgan fingerprint density at radius 2 is 2.39 bits per heavy atom. The molecule has 96 valence electrons. The van der Waals surface area contributed by atoms with Crippen LogP contribution in [0.2, 0.25) is 0 Å². The van der Waals surface area contributed by atoms with Gasteiger partial charge in [0.25, 0.3) is 0 Å². The second-order valence-corrected chi connectivity index (χ2v) is 4.50. The average molecular weight is 248 g/mol. The van der Waals surface area contributed by atoms with Crippen LogP contribution < -0.4 is 5.32 Å². The highest BCUT2D eigenvalue weighted by molar-refractivity contribution is 4.95. The van der Waals surface area contributed by atoms with E-state index >= 15 is 0 Å². The van der Waals surface area contributed by atoms with Crippen molar-refractivity contribution >= 4 is 0 Å². The first-order chi connectivity index (χ1) is 8.92. The van der Waals surface area contributed by atoms with Crippen molar-refractivity contribution in [2.24, 2.45) is 0 Å². The van der Waals surface area contributed by atoms with Gasteiger partial charge in [-0.25, -0.2) is 9.67 Å². The van der Waals surface area contributed by atoms with Crippen molar-refractivity contribution in [2.45, 2.75) is 38.3 Å². The number of hydrogen-bond acceptors (Lipinski definition) is 6. The topological polar surface area (TPSA) is 81.7 Å². The Morgan fingerprint density at radius 1 is 1.39 bits per heavy atom. The van der Waals surface area contributed by atoms with Crippen molar-refractivity contribution in [3.8, 4) is 0 Å². The Bertz CT molecular complexity index is 471. The second-order valence-electron chi connectivity index (χ2n) is 4.50. The Labute approximate surface area is 105 Å². The van der Waals surface area contributed by atoms with Crippen LogP contribution in [0.4, 0.5) is 0 Å². The third-order valence-electron chi connectivity index (χ3n) is 3.12. The van der Waals surface area contributed by atoms with E-state index in [0.29, 0.717) is 12.4 Å². The molecule has 1 atom stereocenters. The number of aromatic nitrogens is 5. The second kappa shape index (κ2) is 5.26. The monoisotopic (exact) mass is 248 g/mol. The minimum Gasteiger partial charge on any atom is -0.337 e. The molecule has 0 saturated carbocycles. The first kappa shape index (κ1) is 11.3. The standard InChI is InChI=1S/C11H16N6O/c1-2-4-9(13-5-3-1)11-15-10(18-16-11)6-17-8-12-7-14-17/h7-9,13H,1-6H2. The summed E-state index contributed by atoms with van der Waals surface area (Å²) in [6.07, 6.45) is 7.90. The average Bonchev–Trinajstić information content (AvgIpc) is 2.97. The van der Waals surface area contributed by atoms with Crippen LogP contribution in [0, 0.1) is 0 Å². The Morgan fingerprint density at radius 3 is 3.28 bits per heavy atom. The fraction of sp³-hybridized carbons (Fsp3) is 0.636. The molecular formula is C11H16N6O. The number of hydrogen-bond donors (Lipinski definition) is 1. The molecule has 1 N–H and O–H groups in total. The van der Waals surface area contributed by atoms with Gasteiger partial charge in [0.05, 0.1) is 6.04 Å². The van der Waals surface area contributed by atoms with Crippen LogP contribution in [0.1, 0.15) is 43.4 Å². The zero-order valence-electron chi connectivity index (χ0n) is 10.1. The van der Waals surface area contributed by atoms with Crippen molar-refractivity contribution in [1.29, 1.82) is 0 Å². The molecule has 7 heteroatoms. The maximum Gasteiger partial charge on any atom is 0.248 e. The fourth-order valence-corrected chi connectivity index (χ4v) is 2.18. The lowest BCUT2D eigenvalue weighted by atomic mass is 10.1. The van der Waals surface area contributed by atoms with E-state index in [4.69, 9.17) is 4.52 Å².